The highest BCUT2D eigenvalue weighted by atomic mass is 16.6. The van der Waals surface area contributed by atoms with Crippen molar-refractivity contribution >= 4 is 0 Å². The molecule has 3 fully saturated rings. The number of nitro groups is 1. The van der Waals surface area contributed by atoms with Gasteiger partial charge in [-0.3, -0.25) is 10.1 Å². The van der Waals surface area contributed by atoms with Gasteiger partial charge in [0.25, 0.3) is 0 Å². The molecule has 0 aromatic heterocycles. The van der Waals surface area contributed by atoms with Crippen LogP contribution in [0.25, 0.3) is 0 Å². The molecule has 21 heavy (non-hydrogen) atoms. The molecule has 0 amide bonds. The van der Waals surface area contributed by atoms with Crippen molar-refractivity contribution in [2.24, 2.45) is 5.92 Å². The van der Waals surface area contributed by atoms with E-state index in [1.54, 1.807) is 0 Å². The van der Waals surface area contributed by atoms with E-state index in [0.717, 1.165) is 64.4 Å². The molecule has 0 aliphatic carbocycles. The summed E-state index contributed by atoms with van der Waals surface area (Å²) in [6.45, 7) is 4.15. The Morgan fingerprint density at radius 3 is 2.95 bits per heavy atom. The summed E-state index contributed by atoms with van der Waals surface area (Å²) in [4.78, 5) is 15.7. The molecule has 0 spiro atoms. The quantitative estimate of drug-likeness (QED) is 0.571. The Hall–Kier alpha value is -1.34. The van der Waals surface area contributed by atoms with Crippen molar-refractivity contribution in [2.45, 2.75) is 38.0 Å². The molecule has 3 atom stereocenters. The Labute approximate surface area is 123 Å². The van der Waals surface area contributed by atoms with Crippen LogP contribution in [0.1, 0.15) is 25.7 Å². The second-order valence-electron chi connectivity index (χ2n) is 6.35. The molecule has 0 aromatic carbocycles. The van der Waals surface area contributed by atoms with E-state index in [0.29, 0.717) is 5.92 Å². The zero-order valence-corrected chi connectivity index (χ0v) is 12.1. The van der Waals surface area contributed by atoms with Crippen LogP contribution in [-0.4, -0.2) is 59.9 Å². The molecule has 4 aliphatic heterocycles. The maximum Gasteiger partial charge on any atom is 0.314 e. The molecule has 4 heterocycles. The highest BCUT2D eigenvalue weighted by Gasteiger charge is 2.48. The van der Waals surface area contributed by atoms with Gasteiger partial charge < -0.3 is 19.3 Å². The van der Waals surface area contributed by atoms with Gasteiger partial charge in [-0.1, -0.05) is 0 Å². The first-order chi connectivity index (χ1) is 10.2. The highest BCUT2D eigenvalue weighted by molar-refractivity contribution is 5.19. The number of ether oxygens (including phenoxy) is 2. The Bertz CT molecular complexity index is 475. The minimum absolute atomic E-state index is 0.0345. The second-order valence-corrected chi connectivity index (χ2v) is 6.35. The molecular weight excluding hydrogens is 274 g/mol. The van der Waals surface area contributed by atoms with Crippen molar-refractivity contribution in [1.29, 1.82) is 0 Å². The molecule has 116 valence electrons. The predicted octanol–water partition coefficient (Wildman–Crippen LogP) is 0.995. The minimum Gasteiger partial charge on any atom is -0.381 e. The smallest absolute Gasteiger partial charge is 0.314 e. The summed E-state index contributed by atoms with van der Waals surface area (Å²) in [5, 5.41) is 11.6. The van der Waals surface area contributed by atoms with Crippen LogP contribution in [0.2, 0.25) is 0 Å². The largest absolute Gasteiger partial charge is 0.381 e. The maximum absolute atomic E-state index is 11.6. The highest BCUT2D eigenvalue weighted by Crippen LogP contribution is 2.39. The molecule has 0 radical (unpaired) electrons. The van der Waals surface area contributed by atoms with E-state index in [2.05, 4.69) is 9.80 Å². The first-order valence-corrected chi connectivity index (χ1v) is 7.87. The van der Waals surface area contributed by atoms with Crippen LogP contribution in [-0.2, 0) is 9.47 Å². The fourth-order valence-corrected chi connectivity index (χ4v) is 4.01. The monoisotopic (exact) mass is 295 g/mol. The lowest BCUT2D eigenvalue weighted by atomic mass is 10.0. The van der Waals surface area contributed by atoms with Crippen LogP contribution in [0.5, 0.6) is 0 Å². The fourth-order valence-electron chi connectivity index (χ4n) is 4.01. The van der Waals surface area contributed by atoms with Crippen molar-refractivity contribution in [2.75, 3.05) is 32.8 Å². The normalized spacial score (nSPS) is 35.3. The van der Waals surface area contributed by atoms with Gasteiger partial charge in [0.2, 0.25) is 0 Å². The molecule has 2 bridgehead atoms. The molecule has 3 unspecified atom stereocenters. The van der Waals surface area contributed by atoms with Crippen LogP contribution < -0.4 is 0 Å². The first-order valence-electron chi connectivity index (χ1n) is 7.87. The van der Waals surface area contributed by atoms with Crippen molar-refractivity contribution in [3.05, 3.63) is 21.6 Å². The van der Waals surface area contributed by atoms with Gasteiger partial charge in [0.05, 0.1) is 11.5 Å². The summed E-state index contributed by atoms with van der Waals surface area (Å²) in [6.07, 6.45) is 3.52. The van der Waals surface area contributed by atoms with Crippen LogP contribution in [0.3, 0.4) is 0 Å². The van der Waals surface area contributed by atoms with Crippen LogP contribution >= 0.6 is 0 Å². The zero-order valence-electron chi connectivity index (χ0n) is 12.1. The Morgan fingerprint density at radius 1 is 1.29 bits per heavy atom. The molecule has 4 rings (SSSR count). The van der Waals surface area contributed by atoms with Crippen LogP contribution in [0, 0.1) is 16.0 Å². The Balaban J connectivity index is 1.65. The lowest BCUT2D eigenvalue weighted by molar-refractivity contribution is -0.448. The van der Waals surface area contributed by atoms with Gasteiger partial charge in [-0.25, -0.2) is 0 Å². The Kier molecular flexibility index (Phi) is 3.26. The molecule has 4 aliphatic rings. The molecule has 7 nitrogen and oxygen atoms in total. The van der Waals surface area contributed by atoms with E-state index in [-0.39, 0.29) is 23.0 Å². The van der Waals surface area contributed by atoms with Crippen molar-refractivity contribution in [3.8, 4) is 0 Å². The topological polar surface area (TPSA) is 68.1 Å². The standard InChI is InChI=1S/C14H21N3O4/c18-17(19)13-11-2-1-3-12(21-11)16-6-5-15(14(13)16)8-10-4-7-20-9-10/h10-12H,1-9H2. The number of rotatable bonds is 3. The number of hydrogen-bond donors (Lipinski definition) is 0. The molecule has 7 heteroatoms. The van der Waals surface area contributed by atoms with Crippen LogP contribution in [0.4, 0.5) is 0 Å². The predicted molar refractivity (Wildman–Crippen MR) is 73.7 cm³/mol. The van der Waals surface area contributed by atoms with E-state index in [9.17, 15) is 10.1 Å². The van der Waals surface area contributed by atoms with Crippen molar-refractivity contribution in [3.63, 3.8) is 0 Å². The number of fused-ring (bicyclic) bond motifs is 4. The summed E-state index contributed by atoms with van der Waals surface area (Å²) in [7, 11) is 0. The lowest BCUT2D eigenvalue weighted by Gasteiger charge is -2.41. The van der Waals surface area contributed by atoms with Crippen LogP contribution in [0.15, 0.2) is 11.5 Å². The summed E-state index contributed by atoms with van der Waals surface area (Å²) >= 11 is 0. The van der Waals surface area contributed by atoms with Gasteiger partial charge in [0.1, 0.15) is 6.23 Å². The first kappa shape index (κ1) is 13.3. The Morgan fingerprint density at radius 2 is 2.19 bits per heavy atom. The molecule has 0 N–H and O–H groups in total. The van der Waals surface area contributed by atoms with E-state index in [1.165, 1.54) is 0 Å². The fraction of sp³-hybridized carbons (Fsp3) is 0.857. The van der Waals surface area contributed by atoms with Crippen molar-refractivity contribution < 1.29 is 14.4 Å². The maximum atomic E-state index is 11.6. The summed E-state index contributed by atoms with van der Waals surface area (Å²) in [5.41, 5.74) is 0.280. The third-order valence-corrected chi connectivity index (χ3v) is 5.00. The van der Waals surface area contributed by atoms with Gasteiger partial charge in [-0.2, -0.15) is 0 Å². The minimum atomic E-state index is -0.328. The van der Waals surface area contributed by atoms with Gasteiger partial charge in [0.15, 0.2) is 11.9 Å². The van der Waals surface area contributed by atoms with E-state index in [1.807, 2.05) is 0 Å². The zero-order chi connectivity index (χ0) is 14.4. The third kappa shape index (κ3) is 2.19. The summed E-state index contributed by atoms with van der Waals surface area (Å²) < 4.78 is 11.3. The molecular formula is C14H21N3O4. The van der Waals surface area contributed by atoms with Crippen molar-refractivity contribution in [1.82, 2.24) is 9.80 Å². The van der Waals surface area contributed by atoms with E-state index >= 15 is 0 Å². The van der Waals surface area contributed by atoms with E-state index < -0.39 is 0 Å². The number of nitrogens with zero attached hydrogens (tertiary/aromatic N) is 3. The van der Waals surface area contributed by atoms with Gasteiger partial charge in [-0.15, -0.1) is 0 Å². The second kappa shape index (κ2) is 5.14. The number of hydrogen-bond acceptors (Lipinski definition) is 6. The molecule has 3 saturated heterocycles. The van der Waals surface area contributed by atoms with E-state index in [4.69, 9.17) is 9.47 Å². The summed E-state index contributed by atoms with van der Waals surface area (Å²) in [6, 6.07) is 0. The third-order valence-electron chi connectivity index (χ3n) is 5.00. The van der Waals surface area contributed by atoms with Gasteiger partial charge in [0, 0.05) is 32.2 Å². The molecule has 0 saturated carbocycles. The van der Waals surface area contributed by atoms with Gasteiger partial charge >= 0.3 is 5.70 Å². The molecule has 0 aromatic rings. The SMILES string of the molecule is O=[N+]([O-])C1=C2N(CC3CCOC3)CCN2C2CCCC1O2. The lowest BCUT2D eigenvalue weighted by Crippen LogP contribution is -2.49. The average molecular weight is 295 g/mol. The summed E-state index contributed by atoms with van der Waals surface area (Å²) in [5.74, 6) is 1.32. The average Bonchev–Trinajstić information content (AvgIpc) is 3.10. The van der Waals surface area contributed by atoms with Gasteiger partial charge in [-0.05, 0) is 25.7 Å².